The van der Waals surface area contributed by atoms with Gasteiger partial charge < -0.3 is 5.32 Å². The average Bonchev–Trinajstić information content (AvgIpc) is 2.41. The van der Waals surface area contributed by atoms with E-state index in [9.17, 15) is 0 Å². The van der Waals surface area contributed by atoms with Crippen molar-refractivity contribution in [3.8, 4) is 0 Å². The fourth-order valence-corrected chi connectivity index (χ4v) is 2.37. The normalized spacial score (nSPS) is 12.4. The molecule has 0 aliphatic heterocycles. The molecule has 1 unspecified atom stereocenters. The number of rotatable bonds is 4. The van der Waals surface area contributed by atoms with Crippen LogP contribution in [0.4, 0.5) is 0 Å². The van der Waals surface area contributed by atoms with Crippen molar-refractivity contribution in [2.45, 2.75) is 26.8 Å². The van der Waals surface area contributed by atoms with Crippen LogP contribution in [0.3, 0.4) is 0 Å². The summed E-state index contributed by atoms with van der Waals surface area (Å²) < 4.78 is 0. The zero-order valence-corrected chi connectivity index (χ0v) is 12.5. The van der Waals surface area contributed by atoms with Crippen LogP contribution < -0.4 is 5.32 Å². The largest absolute Gasteiger partial charge is 0.307 e. The Morgan fingerprint density at radius 2 is 1.63 bits per heavy atom. The van der Waals surface area contributed by atoms with Crippen molar-refractivity contribution in [2.75, 3.05) is 6.54 Å². The molecule has 0 radical (unpaired) electrons. The smallest absolute Gasteiger partial charge is 0.0577 e. The molecule has 0 bridgehead atoms. The van der Waals surface area contributed by atoms with E-state index < -0.39 is 0 Å². The number of aryl methyl sites for hydroxylation is 2. The minimum atomic E-state index is 0.198. The molecule has 1 N–H and O–H groups in total. The third-order valence-corrected chi connectivity index (χ3v) is 3.76. The first-order valence-electron chi connectivity index (χ1n) is 6.68. The van der Waals surface area contributed by atoms with Crippen molar-refractivity contribution in [1.29, 1.82) is 0 Å². The van der Waals surface area contributed by atoms with Crippen molar-refractivity contribution in [2.24, 2.45) is 0 Å². The van der Waals surface area contributed by atoms with Gasteiger partial charge in [-0.25, -0.2) is 0 Å². The van der Waals surface area contributed by atoms with Gasteiger partial charge in [0.1, 0.15) is 0 Å². The van der Waals surface area contributed by atoms with Gasteiger partial charge in [-0.2, -0.15) is 0 Å². The highest BCUT2D eigenvalue weighted by atomic mass is 35.5. The van der Waals surface area contributed by atoms with Gasteiger partial charge >= 0.3 is 0 Å². The molecule has 2 rings (SSSR count). The second kappa shape index (κ2) is 6.23. The molecule has 0 amide bonds. The molecule has 0 saturated carbocycles. The van der Waals surface area contributed by atoms with Crippen molar-refractivity contribution in [3.05, 3.63) is 69.7 Å². The predicted octanol–water partition coefficient (Wildman–Crippen LogP) is 4.66. The highest BCUT2D eigenvalue weighted by molar-refractivity contribution is 6.31. The minimum Gasteiger partial charge on any atom is -0.307 e. The first-order chi connectivity index (χ1) is 9.11. The van der Waals surface area contributed by atoms with E-state index in [0.717, 1.165) is 17.1 Å². The third kappa shape index (κ3) is 3.37. The molecule has 0 aliphatic carbocycles. The Labute approximate surface area is 120 Å². The van der Waals surface area contributed by atoms with Crippen molar-refractivity contribution < 1.29 is 0 Å². The number of benzene rings is 2. The molecule has 0 saturated heterocycles. The van der Waals surface area contributed by atoms with Gasteiger partial charge in [-0.15, -0.1) is 0 Å². The van der Waals surface area contributed by atoms with Crippen molar-refractivity contribution in [1.82, 2.24) is 5.32 Å². The summed E-state index contributed by atoms with van der Waals surface area (Å²) in [5, 5.41) is 4.35. The SMILES string of the molecule is CCNC(c1ccc(C)cc1)c1ccc(C)c(Cl)c1. The number of hydrogen-bond acceptors (Lipinski definition) is 1. The fraction of sp³-hybridized carbons (Fsp3) is 0.294. The monoisotopic (exact) mass is 273 g/mol. The van der Waals surface area contributed by atoms with Gasteiger partial charge in [0.2, 0.25) is 0 Å². The summed E-state index contributed by atoms with van der Waals surface area (Å²) in [7, 11) is 0. The highest BCUT2D eigenvalue weighted by Crippen LogP contribution is 2.26. The third-order valence-electron chi connectivity index (χ3n) is 3.35. The van der Waals surface area contributed by atoms with Gasteiger partial charge in [-0.3, -0.25) is 0 Å². The van der Waals surface area contributed by atoms with E-state index in [4.69, 9.17) is 11.6 Å². The molecule has 0 heterocycles. The molecular formula is C17H20ClN. The first-order valence-corrected chi connectivity index (χ1v) is 7.05. The van der Waals surface area contributed by atoms with E-state index in [0.29, 0.717) is 0 Å². The van der Waals surface area contributed by atoms with E-state index in [2.05, 4.69) is 61.6 Å². The molecule has 2 aromatic rings. The number of nitrogens with one attached hydrogen (secondary N) is 1. The number of halogens is 1. The molecule has 0 fully saturated rings. The molecule has 2 aromatic carbocycles. The van der Waals surface area contributed by atoms with Crippen LogP contribution in [-0.2, 0) is 0 Å². The summed E-state index contributed by atoms with van der Waals surface area (Å²) in [5.74, 6) is 0. The Bertz CT molecular complexity index is 546. The van der Waals surface area contributed by atoms with Crippen LogP contribution in [0.5, 0.6) is 0 Å². The molecule has 1 nitrogen and oxygen atoms in total. The lowest BCUT2D eigenvalue weighted by atomic mass is 9.97. The predicted molar refractivity (Wildman–Crippen MR) is 82.9 cm³/mol. The molecule has 0 aliphatic rings. The van der Waals surface area contributed by atoms with Crippen LogP contribution in [0.25, 0.3) is 0 Å². The number of hydrogen-bond donors (Lipinski definition) is 1. The average molecular weight is 274 g/mol. The summed E-state index contributed by atoms with van der Waals surface area (Å²) in [6.45, 7) is 7.18. The van der Waals surface area contributed by atoms with Crippen molar-refractivity contribution in [3.63, 3.8) is 0 Å². The zero-order valence-electron chi connectivity index (χ0n) is 11.7. The molecule has 1 atom stereocenters. The topological polar surface area (TPSA) is 12.0 Å². The van der Waals surface area contributed by atoms with E-state index in [-0.39, 0.29) is 6.04 Å². The molecule has 2 heteroatoms. The van der Waals surface area contributed by atoms with Gasteiger partial charge in [0.15, 0.2) is 0 Å². The van der Waals surface area contributed by atoms with E-state index in [1.807, 2.05) is 6.92 Å². The Balaban J connectivity index is 2.38. The highest BCUT2D eigenvalue weighted by Gasteiger charge is 2.13. The lowest BCUT2D eigenvalue weighted by Crippen LogP contribution is -2.22. The Morgan fingerprint density at radius 1 is 1.00 bits per heavy atom. The summed E-state index contributed by atoms with van der Waals surface area (Å²) in [6, 6.07) is 15.1. The van der Waals surface area contributed by atoms with E-state index in [1.54, 1.807) is 0 Å². The second-order valence-corrected chi connectivity index (χ2v) is 5.32. The van der Waals surface area contributed by atoms with Crippen molar-refractivity contribution >= 4 is 11.6 Å². The Kier molecular flexibility index (Phi) is 4.62. The summed E-state index contributed by atoms with van der Waals surface area (Å²) in [5.41, 5.74) is 4.87. The van der Waals surface area contributed by atoms with E-state index >= 15 is 0 Å². The first kappa shape index (κ1) is 14.1. The molecule has 100 valence electrons. The molecule has 19 heavy (non-hydrogen) atoms. The zero-order chi connectivity index (χ0) is 13.8. The Hall–Kier alpha value is -1.31. The fourth-order valence-electron chi connectivity index (χ4n) is 2.18. The van der Waals surface area contributed by atoms with Gasteiger partial charge in [0.25, 0.3) is 0 Å². The van der Waals surface area contributed by atoms with Crippen LogP contribution in [-0.4, -0.2) is 6.54 Å². The van der Waals surface area contributed by atoms with Gasteiger partial charge in [0, 0.05) is 5.02 Å². The van der Waals surface area contributed by atoms with Crippen LogP contribution in [0, 0.1) is 13.8 Å². The van der Waals surface area contributed by atoms with Gasteiger partial charge in [0.05, 0.1) is 6.04 Å². The maximum atomic E-state index is 6.24. The van der Waals surface area contributed by atoms with Crippen LogP contribution >= 0.6 is 11.6 Å². The summed E-state index contributed by atoms with van der Waals surface area (Å²) >= 11 is 6.24. The maximum Gasteiger partial charge on any atom is 0.0577 e. The summed E-state index contributed by atoms with van der Waals surface area (Å²) in [6.07, 6.45) is 0. The lowest BCUT2D eigenvalue weighted by Gasteiger charge is -2.20. The van der Waals surface area contributed by atoms with Gasteiger partial charge in [-0.1, -0.05) is 60.5 Å². The summed E-state index contributed by atoms with van der Waals surface area (Å²) in [4.78, 5) is 0. The standard InChI is InChI=1S/C17H20ClN/c1-4-19-17(14-8-5-12(2)6-9-14)15-10-7-13(3)16(18)11-15/h5-11,17,19H,4H2,1-3H3. The van der Waals surface area contributed by atoms with E-state index in [1.165, 1.54) is 16.7 Å². The van der Waals surface area contributed by atoms with Crippen LogP contribution in [0.1, 0.15) is 35.2 Å². The lowest BCUT2D eigenvalue weighted by molar-refractivity contribution is 0.630. The van der Waals surface area contributed by atoms with Crippen LogP contribution in [0.15, 0.2) is 42.5 Å². The molecule has 0 aromatic heterocycles. The van der Waals surface area contributed by atoms with Crippen LogP contribution in [0.2, 0.25) is 5.02 Å². The molecular weight excluding hydrogens is 254 g/mol. The minimum absolute atomic E-state index is 0.198. The molecule has 0 spiro atoms. The maximum absolute atomic E-state index is 6.24. The quantitative estimate of drug-likeness (QED) is 0.855. The van der Waals surface area contributed by atoms with Gasteiger partial charge in [-0.05, 0) is 43.1 Å². The second-order valence-electron chi connectivity index (χ2n) is 4.91. The Morgan fingerprint density at radius 3 is 2.21 bits per heavy atom.